The van der Waals surface area contributed by atoms with E-state index < -0.39 is 36.3 Å². The van der Waals surface area contributed by atoms with Crippen molar-refractivity contribution in [2.45, 2.75) is 38.6 Å². The highest BCUT2D eigenvalue weighted by Crippen LogP contribution is 2.38. The number of carbonyl (C=O) groups is 6. The summed E-state index contributed by atoms with van der Waals surface area (Å²) in [6, 6.07) is 3.17. The highest BCUT2D eigenvalue weighted by atomic mass is 16.5. The molecule has 1 N–H and O–H groups in total. The number of fused-ring (bicyclic) bond motifs is 2. The van der Waals surface area contributed by atoms with Gasteiger partial charge in [0.15, 0.2) is 6.61 Å². The third kappa shape index (κ3) is 3.55. The van der Waals surface area contributed by atoms with Crippen LogP contribution in [0.4, 0.5) is 5.69 Å². The van der Waals surface area contributed by atoms with Crippen molar-refractivity contribution in [3.63, 3.8) is 0 Å². The molecule has 10 heteroatoms. The van der Waals surface area contributed by atoms with Crippen molar-refractivity contribution in [2.24, 2.45) is 11.8 Å². The fourth-order valence-corrected chi connectivity index (χ4v) is 4.57. The quantitative estimate of drug-likeness (QED) is 0.532. The van der Waals surface area contributed by atoms with Gasteiger partial charge in [-0.05, 0) is 38.0 Å². The summed E-state index contributed by atoms with van der Waals surface area (Å²) in [5.74, 6) is -3.85. The van der Waals surface area contributed by atoms with Crippen LogP contribution in [0, 0.1) is 11.8 Å². The molecule has 1 aliphatic carbocycles. The zero-order chi connectivity index (χ0) is 23.2. The molecule has 2 fully saturated rings. The van der Waals surface area contributed by atoms with E-state index in [1.165, 1.54) is 32.2 Å². The number of imide groups is 2. The summed E-state index contributed by atoms with van der Waals surface area (Å²) in [6.07, 6.45) is 3.04. The van der Waals surface area contributed by atoms with E-state index in [1.54, 1.807) is 0 Å². The molecule has 0 aromatic heterocycles. The van der Waals surface area contributed by atoms with Crippen molar-refractivity contribution in [3.8, 4) is 0 Å². The van der Waals surface area contributed by atoms with Crippen LogP contribution in [0.3, 0.4) is 0 Å². The average Bonchev–Trinajstić information content (AvgIpc) is 3.17. The Morgan fingerprint density at radius 1 is 1.03 bits per heavy atom. The number of benzene rings is 1. The van der Waals surface area contributed by atoms with Crippen molar-refractivity contribution in [1.82, 2.24) is 9.80 Å². The second-order valence-corrected chi connectivity index (χ2v) is 8.31. The molecule has 2 aliphatic heterocycles. The summed E-state index contributed by atoms with van der Waals surface area (Å²) in [4.78, 5) is 75.8. The van der Waals surface area contributed by atoms with Crippen LogP contribution in [0.5, 0.6) is 0 Å². The van der Waals surface area contributed by atoms with Crippen LogP contribution < -0.4 is 5.32 Å². The first kappa shape index (κ1) is 21.7. The summed E-state index contributed by atoms with van der Waals surface area (Å²) in [7, 11) is 1.37. The van der Waals surface area contributed by atoms with Crippen LogP contribution in [-0.4, -0.2) is 65.0 Å². The van der Waals surface area contributed by atoms with E-state index in [0.29, 0.717) is 12.8 Å². The standard InChI is InChI=1S/C22H23N3O7/c1-11(25-20(29)13-5-3-4-6-14(13)21(25)30)22(31)32-10-17(26)23-12-7-8-15-16(9-12)19(28)24(2)18(15)27/h7-9,11,13-14H,3-6,10H2,1-2H3,(H,23,26)/t11-,13?,14?/m0/s1. The molecule has 4 rings (SSSR count). The van der Waals surface area contributed by atoms with Crippen LogP contribution in [0.25, 0.3) is 0 Å². The lowest BCUT2D eigenvalue weighted by molar-refractivity contribution is -0.159. The first-order chi connectivity index (χ1) is 15.2. The summed E-state index contributed by atoms with van der Waals surface area (Å²) >= 11 is 0. The minimum absolute atomic E-state index is 0.174. The van der Waals surface area contributed by atoms with Gasteiger partial charge >= 0.3 is 5.97 Å². The molecule has 1 saturated heterocycles. The Bertz CT molecular complexity index is 1030. The maximum Gasteiger partial charge on any atom is 0.329 e. The van der Waals surface area contributed by atoms with Crippen molar-refractivity contribution in [3.05, 3.63) is 29.3 Å². The van der Waals surface area contributed by atoms with Crippen molar-refractivity contribution in [1.29, 1.82) is 0 Å². The van der Waals surface area contributed by atoms with E-state index in [1.807, 2.05) is 0 Å². The minimum Gasteiger partial charge on any atom is -0.454 e. The predicted octanol–water partition coefficient (Wildman–Crippen LogP) is 0.958. The summed E-state index contributed by atoms with van der Waals surface area (Å²) in [6.45, 7) is 0.781. The highest BCUT2D eigenvalue weighted by molar-refractivity contribution is 6.21. The monoisotopic (exact) mass is 441 g/mol. The number of carbonyl (C=O) groups excluding carboxylic acids is 6. The third-order valence-electron chi connectivity index (χ3n) is 6.32. The molecule has 10 nitrogen and oxygen atoms in total. The second kappa shape index (κ2) is 8.18. The van der Waals surface area contributed by atoms with Crippen LogP contribution in [0.15, 0.2) is 18.2 Å². The van der Waals surface area contributed by atoms with E-state index in [2.05, 4.69) is 5.32 Å². The molecule has 1 aromatic carbocycles. The Kier molecular flexibility index (Phi) is 5.53. The van der Waals surface area contributed by atoms with Gasteiger partial charge in [0, 0.05) is 12.7 Å². The lowest BCUT2D eigenvalue weighted by Crippen LogP contribution is -2.45. The lowest BCUT2D eigenvalue weighted by Gasteiger charge is -2.21. The van der Waals surface area contributed by atoms with E-state index in [0.717, 1.165) is 22.6 Å². The Morgan fingerprint density at radius 2 is 1.62 bits per heavy atom. The van der Waals surface area contributed by atoms with Gasteiger partial charge in [0.05, 0.1) is 23.0 Å². The van der Waals surface area contributed by atoms with Crippen LogP contribution in [0.2, 0.25) is 0 Å². The maximum atomic E-state index is 12.6. The van der Waals surface area contributed by atoms with Gasteiger partial charge < -0.3 is 10.1 Å². The van der Waals surface area contributed by atoms with Gasteiger partial charge in [0.25, 0.3) is 17.7 Å². The molecule has 2 heterocycles. The molecule has 1 saturated carbocycles. The molecular weight excluding hydrogens is 418 g/mol. The van der Waals surface area contributed by atoms with Gasteiger partial charge in [-0.2, -0.15) is 0 Å². The highest BCUT2D eigenvalue weighted by Gasteiger charge is 2.51. The van der Waals surface area contributed by atoms with Gasteiger partial charge in [-0.3, -0.25) is 33.8 Å². The zero-order valence-corrected chi connectivity index (χ0v) is 17.8. The number of esters is 1. The molecule has 1 aromatic rings. The maximum absolute atomic E-state index is 12.6. The average molecular weight is 441 g/mol. The zero-order valence-electron chi connectivity index (χ0n) is 17.8. The summed E-state index contributed by atoms with van der Waals surface area (Å²) in [5, 5.41) is 2.50. The molecule has 168 valence electrons. The predicted molar refractivity (Wildman–Crippen MR) is 109 cm³/mol. The molecular formula is C22H23N3O7. The van der Waals surface area contributed by atoms with E-state index in [-0.39, 0.29) is 40.5 Å². The number of hydrogen-bond acceptors (Lipinski definition) is 7. The fraction of sp³-hybridized carbons (Fsp3) is 0.455. The molecule has 0 spiro atoms. The molecule has 3 aliphatic rings. The number of nitrogens with zero attached hydrogens (tertiary/aromatic N) is 2. The number of ether oxygens (including phenoxy) is 1. The molecule has 0 radical (unpaired) electrons. The summed E-state index contributed by atoms with van der Waals surface area (Å²) < 4.78 is 5.02. The molecule has 0 bridgehead atoms. The van der Waals surface area contributed by atoms with Crippen LogP contribution in [0.1, 0.15) is 53.3 Å². The Hall–Kier alpha value is -3.56. The van der Waals surface area contributed by atoms with Crippen LogP contribution >= 0.6 is 0 Å². The number of rotatable bonds is 5. The number of nitrogens with one attached hydrogen (secondary N) is 1. The van der Waals surface area contributed by atoms with Gasteiger partial charge in [0.1, 0.15) is 6.04 Å². The minimum atomic E-state index is -1.12. The van der Waals surface area contributed by atoms with Crippen molar-refractivity contribution < 1.29 is 33.5 Å². The Labute approximate surface area is 183 Å². The second-order valence-electron chi connectivity index (χ2n) is 8.31. The largest absolute Gasteiger partial charge is 0.454 e. The molecule has 2 unspecified atom stereocenters. The molecule has 32 heavy (non-hydrogen) atoms. The number of hydrogen-bond donors (Lipinski definition) is 1. The van der Waals surface area contributed by atoms with Crippen molar-refractivity contribution in [2.75, 3.05) is 19.0 Å². The molecule has 5 amide bonds. The van der Waals surface area contributed by atoms with E-state index >= 15 is 0 Å². The number of anilines is 1. The molecule has 3 atom stereocenters. The van der Waals surface area contributed by atoms with Gasteiger partial charge in [-0.1, -0.05) is 12.8 Å². The normalized spacial score (nSPS) is 23.2. The Morgan fingerprint density at radius 3 is 2.25 bits per heavy atom. The SMILES string of the molecule is C[C@@H](C(=O)OCC(=O)Nc1ccc2c(c1)C(=O)N(C)C2=O)N1C(=O)C2CCCCC2C1=O. The topological polar surface area (TPSA) is 130 Å². The number of likely N-dealkylation sites (tertiary alicyclic amines) is 1. The third-order valence-corrected chi connectivity index (χ3v) is 6.32. The van der Waals surface area contributed by atoms with Crippen molar-refractivity contribution >= 4 is 41.2 Å². The summed E-state index contributed by atoms with van der Waals surface area (Å²) in [5.41, 5.74) is 0.688. The van der Waals surface area contributed by atoms with Crippen LogP contribution in [-0.2, 0) is 23.9 Å². The van der Waals surface area contributed by atoms with Gasteiger partial charge in [0.2, 0.25) is 11.8 Å². The Balaban J connectivity index is 1.34. The first-order valence-electron chi connectivity index (χ1n) is 10.5. The van der Waals surface area contributed by atoms with E-state index in [4.69, 9.17) is 4.74 Å². The fourth-order valence-electron chi connectivity index (χ4n) is 4.57. The number of amides is 5. The van der Waals surface area contributed by atoms with Gasteiger partial charge in [-0.15, -0.1) is 0 Å². The van der Waals surface area contributed by atoms with Gasteiger partial charge in [-0.25, -0.2) is 4.79 Å². The smallest absolute Gasteiger partial charge is 0.329 e. The van der Waals surface area contributed by atoms with E-state index in [9.17, 15) is 28.8 Å². The lowest BCUT2D eigenvalue weighted by atomic mass is 9.81. The first-order valence-corrected chi connectivity index (χ1v) is 10.5.